The number of esters is 1. The van der Waals surface area contributed by atoms with Crippen molar-refractivity contribution in [2.24, 2.45) is 4.99 Å². The summed E-state index contributed by atoms with van der Waals surface area (Å²) in [5.41, 5.74) is 1.23. The number of fused-ring (bicyclic) bond motifs is 1. The van der Waals surface area contributed by atoms with Gasteiger partial charge in [-0.25, -0.2) is 9.79 Å². The first kappa shape index (κ1) is 25.4. The van der Waals surface area contributed by atoms with Crippen LogP contribution in [-0.2, 0) is 9.53 Å². The summed E-state index contributed by atoms with van der Waals surface area (Å²) in [5.74, 6) is 0.0548. The summed E-state index contributed by atoms with van der Waals surface area (Å²) in [6, 6.07) is 16.0. The van der Waals surface area contributed by atoms with Crippen molar-refractivity contribution in [2.75, 3.05) is 6.61 Å². The van der Waals surface area contributed by atoms with Crippen molar-refractivity contribution < 1.29 is 18.9 Å². The zero-order chi connectivity index (χ0) is 27.0. The summed E-state index contributed by atoms with van der Waals surface area (Å²) >= 11 is 7.08. The maximum absolute atomic E-state index is 13.7. The van der Waals surface area contributed by atoms with Crippen LogP contribution in [0.4, 0.5) is 5.69 Å². The van der Waals surface area contributed by atoms with Gasteiger partial charge in [-0.2, -0.15) is 0 Å². The Morgan fingerprint density at radius 2 is 2.00 bits per heavy atom. The van der Waals surface area contributed by atoms with Crippen LogP contribution < -0.4 is 14.9 Å². The van der Waals surface area contributed by atoms with Crippen LogP contribution >= 0.6 is 22.9 Å². The normalized spacial score (nSPS) is 15.2. The molecule has 38 heavy (non-hydrogen) atoms. The minimum absolute atomic E-state index is 0.189. The number of hydrogen-bond acceptors (Lipinski definition) is 8. The predicted octanol–water partition coefficient (Wildman–Crippen LogP) is 4.62. The van der Waals surface area contributed by atoms with Gasteiger partial charge in [0.25, 0.3) is 11.2 Å². The molecule has 0 unspecified atom stereocenters. The fourth-order valence-electron chi connectivity index (χ4n) is 4.31. The lowest BCUT2D eigenvalue weighted by molar-refractivity contribution is -0.384. The fourth-order valence-corrected chi connectivity index (χ4v) is 5.50. The first-order chi connectivity index (χ1) is 18.3. The monoisotopic (exact) mass is 549 g/mol. The van der Waals surface area contributed by atoms with E-state index in [1.54, 1.807) is 32.1 Å². The van der Waals surface area contributed by atoms with Gasteiger partial charge in [-0.15, -0.1) is 0 Å². The Morgan fingerprint density at radius 3 is 2.71 bits per heavy atom. The lowest BCUT2D eigenvalue weighted by Gasteiger charge is -2.24. The highest BCUT2D eigenvalue weighted by molar-refractivity contribution is 7.07. The van der Waals surface area contributed by atoms with Crippen molar-refractivity contribution in [3.63, 3.8) is 0 Å². The zero-order valence-corrected chi connectivity index (χ0v) is 21.8. The molecule has 0 amide bonds. The molecule has 0 bridgehead atoms. The number of rotatable bonds is 6. The molecule has 0 N–H and O–H groups in total. The number of nitrogens with zero attached hydrogens (tertiary/aromatic N) is 3. The average molecular weight is 550 g/mol. The summed E-state index contributed by atoms with van der Waals surface area (Å²) in [5, 5.41) is 11.7. The number of carbonyl (C=O) groups excluding carboxylic acids is 1. The highest BCUT2D eigenvalue weighted by Gasteiger charge is 2.33. The van der Waals surface area contributed by atoms with Gasteiger partial charge in [-0.3, -0.25) is 19.5 Å². The SMILES string of the molecule is CCOC(=O)C1=C(C)N=c2s/c(=C/c3ccc(-c4ccc(Cl)cc4[N+](=O)[O-])o3)c(=O)n2[C@@H]1c1ccccc1. The number of thiazole rings is 1. The molecule has 4 aromatic rings. The maximum Gasteiger partial charge on any atom is 0.338 e. The Morgan fingerprint density at radius 1 is 1.24 bits per heavy atom. The number of furan rings is 1. The predicted molar refractivity (Wildman–Crippen MR) is 143 cm³/mol. The molecule has 2 aromatic heterocycles. The van der Waals surface area contributed by atoms with Gasteiger partial charge >= 0.3 is 5.97 Å². The molecule has 3 heterocycles. The lowest BCUT2D eigenvalue weighted by Crippen LogP contribution is -2.39. The highest BCUT2D eigenvalue weighted by Crippen LogP contribution is 2.34. The van der Waals surface area contributed by atoms with Gasteiger partial charge in [0.15, 0.2) is 4.80 Å². The van der Waals surface area contributed by atoms with Gasteiger partial charge in [-0.05, 0) is 43.7 Å². The second-order valence-electron chi connectivity index (χ2n) is 8.33. The summed E-state index contributed by atoms with van der Waals surface area (Å²) in [4.78, 5) is 42.5. The second-order valence-corrected chi connectivity index (χ2v) is 9.78. The molecule has 11 heteroatoms. The number of benzene rings is 2. The number of hydrogen-bond donors (Lipinski definition) is 0. The third-order valence-electron chi connectivity index (χ3n) is 5.95. The van der Waals surface area contributed by atoms with E-state index in [0.717, 1.165) is 16.9 Å². The molecule has 0 aliphatic carbocycles. The van der Waals surface area contributed by atoms with E-state index in [2.05, 4.69) is 4.99 Å². The zero-order valence-electron chi connectivity index (χ0n) is 20.2. The summed E-state index contributed by atoms with van der Waals surface area (Å²) in [7, 11) is 0. The van der Waals surface area contributed by atoms with E-state index >= 15 is 0 Å². The first-order valence-electron chi connectivity index (χ1n) is 11.6. The fraction of sp³-hybridized carbons (Fsp3) is 0.148. The number of halogens is 1. The van der Waals surface area contributed by atoms with E-state index in [4.69, 9.17) is 20.8 Å². The van der Waals surface area contributed by atoms with Gasteiger partial charge < -0.3 is 9.15 Å². The van der Waals surface area contributed by atoms with Crippen LogP contribution in [-0.4, -0.2) is 22.1 Å². The first-order valence-corrected chi connectivity index (χ1v) is 12.8. The van der Waals surface area contributed by atoms with Gasteiger partial charge in [0.05, 0.1) is 38.9 Å². The molecule has 0 radical (unpaired) electrons. The van der Waals surface area contributed by atoms with Crippen molar-refractivity contribution in [3.8, 4) is 11.3 Å². The van der Waals surface area contributed by atoms with Crippen LogP contribution in [0.15, 0.2) is 86.1 Å². The Labute approximate surface area is 224 Å². The Balaban J connectivity index is 1.63. The topological polar surface area (TPSA) is 117 Å². The smallest absolute Gasteiger partial charge is 0.338 e. The lowest BCUT2D eigenvalue weighted by atomic mass is 9.96. The number of ether oxygens (including phenoxy) is 1. The molecule has 2 aromatic carbocycles. The molecule has 1 atom stereocenters. The van der Waals surface area contributed by atoms with Crippen molar-refractivity contribution in [3.05, 3.63) is 118 Å². The largest absolute Gasteiger partial charge is 0.463 e. The third kappa shape index (κ3) is 4.59. The molecule has 192 valence electrons. The summed E-state index contributed by atoms with van der Waals surface area (Å²) in [6.07, 6.45) is 1.56. The molecule has 5 rings (SSSR count). The van der Waals surface area contributed by atoms with Crippen LogP contribution in [0.3, 0.4) is 0 Å². The molecule has 1 aliphatic rings. The van der Waals surface area contributed by atoms with Gasteiger partial charge in [0.1, 0.15) is 11.5 Å². The van der Waals surface area contributed by atoms with Crippen molar-refractivity contribution in [1.82, 2.24) is 4.57 Å². The number of nitro groups is 1. The van der Waals surface area contributed by atoms with Crippen LogP contribution in [0.1, 0.15) is 31.2 Å². The maximum atomic E-state index is 13.7. The van der Waals surface area contributed by atoms with Crippen molar-refractivity contribution >= 4 is 40.7 Å². The molecule has 0 saturated heterocycles. The minimum Gasteiger partial charge on any atom is -0.463 e. The number of allylic oxidation sites excluding steroid dienone is 1. The molecule has 0 fully saturated rings. The Kier molecular flexibility index (Phi) is 6.83. The second kappa shape index (κ2) is 10.2. The molecule has 0 spiro atoms. The van der Waals surface area contributed by atoms with Gasteiger partial charge in [0, 0.05) is 17.2 Å². The highest BCUT2D eigenvalue weighted by atomic mass is 35.5. The van der Waals surface area contributed by atoms with E-state index in [1.807, 2.05) is 30.3 Å². The average Bonchev–Trinajstić information content (AvgIpc) is 3.48. The van der Waals surface area contributed by atoms with Crippen LogP contribution in [0.2, 0.25) is 5.02 Å². The van der Waals surface area contributed by atoms with Crippen molar-refractivity contribution in [2.45, 2.75) is 19.9 Å². The van der Waals surface area contributed by atoms with Crippen LogP contribution in [0.5, 0.6) is 0 Å². The van der Waals surface area contributed by atoms with Crippen LogP contribution in [0, 0.1) is 10.1 Å². The molecular formula is C27H20ClN3O6S. The molecule has 0 saturated carbocycles. The van der Waals surface area contributed by atoms with E-state index in [1.165, 1.54) is 22.8 Å². The molecule has 1 aliphatic heterocycles. The van der Waals surface area contributed by atoms with Gasteiger partial charge in [-0.1, -0.05) is 53.3 Å². The van der Waals surface area contributed by atoms with E-state index in [-0.39, 0.29) is 34.2 Å². The molecular weight excluding hydrogens is 530 g/mol. The third-order valence-corrected chi connectivity index (χ3v) is 7.17. The van der Waals surface area contributed by atoms with E-state index < -0.39 is 16.9 Å². The summed E-state index contributed by atoms with van der Waals surface area (Å²) < 4.78 is 13.0. The Bertz CT molecular complexity index is 1780. The Hall–Kier alpha value is -4.28. The minimum atomic E-state index is -0.711. The standard InChI is InChI=1S/C27H20ClN3O6S/c1-3-36-26(33)23-15(2)29-27-30(24(23)16-7-5-4-6-8-16)25(32)22(38-27)14-18-10-12-21(37-18)19-11-9-17(28)13-20(19)31(34)35/h4-14,24H,3H2,1-2H3/b22-14+/t24-/m1/s1. The number of aromatic nitrogens is 1. The molecule has 9 nitrogen and oxygen atoms in total. The van der Waals surface area contributed by atoms with Gasteiger partial charge in [0.2, 0.25) is 0 Å². The van der Waals surface area contributed by atoms with Crippen LogP contribution in [0.25, 0.3) is 17.4 Å². The van der Waals surface area contributed by atoms with Crippen molar-refractivity contribution in [1.29, 1.82) is 0 Å². The van der Waals surface area contributed by atoms with E-state index in [0.29, 0.717) is 26.4 Å². The van der Waals surface area contributed by atoms with E-state index in [9.17, 15) is 19.7 Å². The summed E-state index contributed by atoms with van der Waals surface area (Å²) in [6.45, 7) is 3.63. The number of carbonyl (C=O) groups is 1. The quantitative estimate of drug-likeness (QED) is 0.197. The number of nitro benzene ring substituents is 1.